The molecule has 19 heteroatoms. The van der Waals surface area contributed by atoms with Gasteiger partial charge in [0.25, 0.3) is 0 Å². The quantitative estimate of drug-likeness (QED) is 0.0222. The Hall–Kier alpha value is -1.94. The highest BCUT2D eigenvalue weighted by Gasteiger charge is 2.30. The summed E-state index contributed by atoms with van der Waals surface area (Å²) >= 11 is 0. The molecule has 0 spiro atoms. The molecule has 0 saturated carbocycles. The maximum Gasteiger partial charge on any atom is 0.472 e. The van der Waals surface area contributed by atoms with E-state index in [4.69, 9.17) is 37.0 Å². The molecule has 2 unspecified atom stereocenters. The number of ether oxygens (including phenoxy) is 4. The van der Waals surface area contributed by atoms with Gasteiger partial charge in [-0.2, -0.15) is 0 Å². The summed E-state index contributed by atoms with van der Waals surface area (Å²) in [5.74, 6) is -1.30. The van der Waals surface area contributed by atoms with Crippen molar-refractivity contribution in [2.75, 3.05) is 39.6 Å². The molecule has 0 aliphatic rings. The summed E-state index contributed by atoms with van der Waals surface area (Å²) in [6, 6.07) is 0. The van der Waals surface area contributed by atoms with Crippen LogP contribution < -0.4 is 0 Å². The highest BCUT2D eigenvalue weighted by atomic mass is 31.2. The highest BCUT2D eigenvalue weighted by Crippen LogP contribution is 2.45. The predicted octanol–water partition coefficient (Wildman–Crippen LogP) is 25.2. The maximum atomic E-state index is 13.1. The number of hydrogen-bond acceptors (Lipinski definition) is 15. The van der Waals surface area contributed by atoms with Gasteiger partial charge < -0.3 is 33.8 Å². The number of esters is 4. The average Bonchev–Trinajstić information content (AvgIpc) is 1.19. The number of unbranched alkanes of at least 4 members (excludes halogenated alkanes) is 55. The van der Waals surface area contributed by atoms with Crippen LogP contribution in [0.2, 0.25) is 0 Å². The van der Waals surface area contributed by atoms with E-state index >= 15 is 0 Å². The Labute approximate surface area is 626 Å². The summed E-state index contributed by atoms with van der Waals surface area (Å²) in [7, 11) is -9.92. The van der Waals surface area contributed by atoms with Gasteiger partial charge in [0.1, 0.15) is 19.3 Å². The first-order valence-electron chi connectivity index (χ1n) is 43.1. The van der Waals surface area contributed by atoms with Crippen LogP contribution in [-0.4, -0.2) is 96.7 Å². The molecule has 3 N–H and O–H groups in total. The highest BCUT2D eigenvalue weighted by molar-refractivity contribution is 7.47. The standard InChI is InChI=1S/C83H162O17P2/c1-6-9-12-15-18-21-24-27-29-30-33-38-42-47-52-57-62-67-81(86)94-73-79(100-83(88)69-64-59-54-49-44-39-34-31-32-36-40-45-50-55-60-65-76(4)5)75-98-102(91,92)96-71-77(84)70-95-101(89,90)97-74-78(72-93-80(85)66-61-56-51-46-41-35-26-23-20-17-14-11-8-3)99-82(87)68-63-58-53-48-43-37-28-25-22-19-16-13-10-7-2/h76-79,84H,6-75H2,1-5H3,(H,89,90)(H,91,92)/t77-,78+,79+/m0/s1. The largest absolute Gasteiger partial charge is 0.472 e. The third-order valence-electron chi connectivity index (χ3n) is 19.5. The van der Waals surface area contributed by atoms with E-state index in [-0.39, 0.29) is 25.7 Å². The molecule has 0 amide bonds. The molecule has 606 valence electrons. The summed E-state index contributed by atoms with van der Waals surface area (Å²) in [6.07, 6.45) is 67.8. The van der Waals surface area contributed by atoms with E-state index in [1.807, 2.05) is 0 Å². The van der Waals surface area contributed by atoms with Crippen molar-refractivity contribution < 1.29 is 80.2 Å². The second-order valence-electron chi connectivity index (χ2n) is 30.3. The number of carbonyl (C=O) groups is 4. The van der Waals surface area contributed by atoms with Crippen molar-refractivity contribution in [2.24, 2.45) is 5.92 Å². The van der Waals surface area contributed by atoms with Crippen molar-refractivity contribution in [3.05, 3.63) is 0 Å². The van der Waals surface area contributed by atoms with Gasteiger partial charge in [0.05, 0.1) is 26.4 Å². The minimum absolute atomic E-state index is 0.109. The first kappa shape index (κ1) is 100. The summed E-state index contributed by atoms with van der Waals surface area (Å²) in [6.45, 7) is 7.38. The molecule has 0 rings (SSSR count). The molecule has 0 aromatic rings. The van der Waals surface area contributed by atoms with Gasteiger partial charge in [0, 0.05) is 25.7 Å². The van der Waals surface area contributed by atoms with Gasteiger partial charge in [-0.15, -0.1) is 0 Å². The van der Waals surface area contributed by atoms with Crippen LogP contribution >= 0.6 is 15.6 Å². The lowest BCUT2D eigenvalue weighted by molar-refractivity contribution is -0.161. The van der Waals surface area contributed by atoms with Gasteiger partial charge in [-0.1, -0.05) is 394 Å². The lowest BCUT2D eigenvalue weighted by Crippen LogP contribution is -2.30. The zero-order chi connectivity index (χ0) is 74.8. The zero-order valence-corrected chi connectivity index (χ0v) is 68.5. The molecule has 0 saturated heterocycles. The van der Waals surface area contributed by atoms with Crippen LogP contribution in [0, 0.1) is 5.92 Å². The number of phosphoric acid groups is 2. The molecule has 0 radical (unpaired) electrons. The topological polar surface area (TPSA) is 237 Å². The summed E-state index contributed by atoms with van der Waals surface area (Å²) in [4.78, 5) is 73.2. The van der Waals surface area contributed by atoms with E-state index in [1.165, 1.54) is 270 Å². The fraction of sp³-hybridized carbons (Fsp3) is 0.952. The van der Waals surface area contributed by atoms with Crippen LogP contribution in [0.15, 0.2) is 0 Å². The zero-order valence-electron chi connectivity index (χ0n) is 66.8. The minimum atomic E-state index is -4.96. The second kappa shape index (κ2) is 75.9. The average molecular weight is 1490 g/mol. The third kappa shape index (κ3) is 76.3. The normalized spacial score (nSPS) is 13.8. The third-order valence-corrected chi connectivity index (χ3v) is 21.4. The van der Waals surface area contributed by atoms with Gasteiger partial charge in [-0.05, 0) is 31.6 Å². The van der Waals surface area contributed by atoms with Crippen molar-refractivity contribution >= 4 is 39.5 Å². The van der Waals surface area contributed by atoms with Crippen molar-refractivity contribution in [1.29, 1.82) is 0 Å². The monoisotopic (exact) mass is 1490 g/mol. The fourth-order valence-electron chi connectivity index (χ4n) is 12.9. The van der Waals surface area contributed by atoms with E-state index in [0.717, 1.165) is 95.8 Å². The molecular weight excluding hydrogens is 1330 g/mol. The minimum Gasteiger partial charge on any atom is -0.462 e. The number of rotatable bonds is 83. The van der Waals surface area contributed by atoms with Gasteiger partial charge in [-0.25, -0.2) is 9.13 Å². The van der Waals surface area contributed by atoms with Gasteiger partial charge in [-0.3, -0.25) is 37.3 Å². The van der Waals surface area contributed by atoms with Gasteiger partial charge in [0.2, 0.25) is 0 Å². The summed E-state index contributed by atoms with van der Waals surface area (Å²) in [5, 5.41) is 10.7. The number of aliphatic hydroxyl groups excluding tert-OH is 1. The van der Waals surface area contributed by atoms with Crippen molar-refractivity contribution in [2.45, 2.75) is 464 Å². The summed E-state index contributed by atoms with van der Waals surface area (Å²) < 4.78 is 68.8. The molecule has 5 atom stereocenters. The molecule has 0 fully saturated rings. The van der Waals surface area contributed by atoms with E-state index < -0.39 is 97.5 Å². The Morgan fingerprint density at radius 1 is 0.265 bits per heavy atom. The van der Waals surface area contributed by atoms with E-state index in [2.05, 4.69) is 34.6 Å². The van der Waals surface area contributed by atoms with E-state index in [0.29, 0.717) is 25.7 Å². The van der Waals surface area contributed by atoms with Crippen LogP contribution in [-0.2, 0) is 65.4 Å². The predicted molar refractivity (Wildman–Crippen MR) is 418 cm³/mol. The number of carbonyl (C=O) groups excluding carboxylic acids is 4. The molecule has 0 aromatic heterocycles. The molecule has 0 heterocycles. The first-order valence-corrected chi connectivity index (χ1v) is 46.1. The first-order chi connectivity index (χ1) is 49.5. The molecule has 0 aliphatic carbocycles. The molecule has 17 nitrogen and oxygen atoms in total. The Morgan fingerprint density at radius 3 is 0.667 bits per heavy atom. The Balaban J connectivity index is 5.26. The van der Waals surface area contributed by atoms with Crippen LogP contribution in [0.4, 0.5) is 0 Å². The van der Waals surface area contributed by atoms with Crippen molar-refractivity contribution in [3.8, 4) is 0 Å². The molecule has 0 aromatic carbocycles. The van der Waals surface area contributed by atoms with Crippen LogP contribution in [0.5, 0.6) is 0 Å². The van der Waals surface area contributed by atoms with E-state index in [9.17, 15) is 43.2 Å². The maximum absolute atomic E-state index is 13.1. The fourth-order valence-corrected chi connectivity index (χ4v) is 14.5. The van der Waals surface area contributed by atoms with E-state index in [1.54, 1.807) is 0 Å². The van der Waals surface area contributed by atoms with Crippen LogP contribution in [0.25, 0.3) is 0 Å². The molecule has 0 aliphatic heterocycles. The van der Waals surface area contributed by atoms with Gasteiger partial charge >= 0.3 is 39.5 Å². The SMILES string of the molecule is CCCCCCCCCCCCCCCCCCCC(=O)OC[C@H](COP(=O)(O)OC[C@@H](O)COP(=O)(O)OC[C@@H](COC(=O)CCCCCCCCCCCCCCC)OC(=O)CCCCCCCCCCCCCCCC)OC(=O)CCCCCCCCCCCCCCCCCC(C)C. The summed E-state index contributed by atoms with van der Waals surface area (Å²) in [5.41, 5.74) is 0. The Morgan fingerprint density at radius 2 is 0.451 bits per heavy atom. The number of hydrogen-bond donors (Lipinski definition) is 3. The van der Waals surface area contributed by atoms with Crippen LogP contribution in [0.3, 0.4) is 0 Å². The van der Waals surface area contributed by atoms with Crippen molar-refractivity contribution in [3.63, 3.8) is 0 Å². The number of phosphoric ester groups is 2. The van der Waals surface area contributed by atoms with Gasteiger partial charge in [0.15, 0.2) is 12.2 Å². The van der Waals surface area contributed by atoms with Crippen molar-refractivity contribution in [1.82, 2.24) is 0 Å². The lowest BCUT2D eigenvalue weighted by Gasteiger charge is -2.21. The van der Waals surface area contributed by atoms with Crippen LogP contribution in [0.1, 0.15) is 446 Å². The Bertz CT molecular complexity index is 1940. The molecule has 102 heavy (non-hydrogen) atoms. The lowest BCUT2D eigenvalue weighted by atomic mass is 10.0. The molecule has 0 bridgehead atoms. The Kier molecular flexibility index (Phi) is 74.4. The molecular formula is C83H162O17P2. The smallest absolute Gasteiger partial charge is 0.462 e. The second-order valence-corrected chi connectivity index (χ2v) is 33.3. The number of aliphatic hydroxyl groups is 1.